The van der Waals surface area contributed by atoms with Gasteiger partial charge in [-0.3, -0.25) is 10.1 Å². The van der Waals surface area contributed by atoms with Crippen LogP contribution in [-0.2, 0) is 0 Å². The van der Waals surface area contributed by atoms with Crippen molar-refractivity contribution in [2.45, 2.75) is 26.7 Å². The number of hydrogen-bond acceptors (Lipinski definition) is 5. The number of nitrogens with one attached hydrogen (secondary N) is 1. The molecule has 0 fully saturated rings. The van der Waals surface area contributed by atoms with E-state index in [-0.39, 0.29) is 11.8 Å². The average Bonchev–Trinajstić information content (AvgIpc) is 3.05. The number of nitrogens with zero attached hydrogens (tertiary/aromatic N) is 2. The lowest BCUT2D eigenvalue weighted by atomic mass is 10.1. The maximum atomic E-state index is 12.4. The fourth-order valence-electron chi connectivity index (χ4n) is 2.08. The lowest BCUT2D eigenvalue weighted by Gasteiger charge is -1.98. The van der Waals surface area contributed by atoms with Crippen LogP contribution in [0.25, 0.3) is 11.0 Å². The molecule has 0 aliphatic carbocycles. The number of carbonyl (C=O) groups is 1. The van der Waals surface area contributed by atoms with E-state index in [1.54, 1.807) is 0 Å². The van der Waals surface area contributed by atoms with E-state index >= 15 is 0 Å². The number of anilines is 1. The van der Waals surface area contributed by atoms with E-state index in [4.69, 9.17) is 4.42 Å². The average molecular weight is 380 g/mol. The summed E-state index contributed by atoms with van der Waals surface area (Å²) in [6, 6.07) is 5.66. The summed E-state index contributed by atoms with van der Waals surface area (Å²) in [5.74, 6) is 0.277. The number of benzene rings is 1. The van der Waals surface area contributed by atoms with Crippen LogP contribution in [0.1, 0.15) is 40.9 Å². The Hall–Kier alpha value is -1.73. The fraction of sp³-hybridized carbons (Fsp3) is 0.267. The summed E-state index contributed by atoms with van der Waals surface area (Å²) in [4.78, 5) is 12.4. The number of carbonyl (C=O) groups excluding carboxylic acids is 1. The highest BCUT2D eigenvalue weighted by Gasteiger charge is 2.19. The quantitative estimate of drug-likeness (QED) is 0.713. The zero-order chi connectivity index (χ0) is 15.9. The van der Waals surface area contributed by atoms with Crippen LogP contribution < -0.4 is 5.32 Å². The predicted octanol–water partition coefficient (Wildman–Crippen LogP) is 4.73. The van der Waals surface area contributed by atoms with Gasteiger partial charge in [0.15, 0.2) is 5.76 Å². The van der Waals surface area contributed by atoms with Crippen LogP contribution >= 0.6 is 27.3 Å². The first-order chi connectivity index (χ1) is 10.5. The fourth-order valence-corrected chi connectivity index (χ4v) is 3.18. The molecule has 2 aromatic heterocycles. The molecule has 0 unspecified atom stereocenters. The topological polar surface area (TPSA) is 68.0 Å². The second-order valence-electron chi connectivity index (χ2n) is 5.25. The summed E-state index contributed by atoms with van der Waals surface area (Å²) in [5.41, 5.74) is 1.49. The summed E-state index contributed by atoms with van der Waals surface area (Å²) in [7, 11) is 0. The van der Waals surface area contributed by atoms with Crippen molar-refractivity contribution in [3.63, 3.8) is 0 Å². The molecule has 3 aromatic rings. The van der Waals surface area contributed by atoms with E-state index < -0.39 is 0 Å². The Labute approximate surface area is 139 Å². The van der Waals surface area contributed by atoms with Crippen LogP contribution in [0.15, 0.2) is 27.1 Å². The van der Waals surface area contributed by atoms with Gasteiger partial charge >= 0.3 is 0 Å². The van der Waals surface area contributed by atoms with Crippen molar-refractivity contribution in [1.82, 2.24) is 10.2 Å². The van der Waals surface area contributed by atoms with E-state index in [0.717, 1.165) is 20.4 Å². The molecule has 0 bridgehead atoms. The number of aryl methyl sites for hydroxylation is 1. The SMILES string of the molecule is Cc1c(C(=O)Nc2nnc(C(C)C)s2)oc2ccc(Br)cc12. The molecule has 7 heteroatoms. The summed E-state index contributed by atoms with van der Waals surface area (Å²) >= 11 is 4.80. The van der Waals surface area contributed by atoms with Crippen molar-refractivity contribution in [3.05, 3.63) is 39.0 Å². The Balaban J connectivity index is 1.90. The van der Waals surface area contributed by atoms with Gasteiger partial charge in [0.25, 0.3) is 5.91 Å². The minimum atomic E-state index is -0.309. The first kappa shape index (κ1) is 15.2. The number of aromatic nitrogens is 2. The van der Waals surface area contributed by atoms with Gasteiger partial charge in [-0.25, -0.2) is 0 Å². The summed E-state index contributed by atoms with van der Waals surface area (Å²) in [5, 5.41) is 13.1. The lowest BCUT2D eigenvalue weighted by molar-refractivity contribution is 0.0998. The molecular formula is C15H14BrN3O2S. The molecule has 0 spiro atoms. The molecule has 1 aromatic carbocycles. The third kappa shape index (κ3) is 2.78. The van der Waals surface area contributed by atoms with E-state index in [0.29, 0.717) is 16.5 Å². The molecule has 3 rings (SSSR count). The van der Waals surface area contributed by atoms with Gasteiger partial charge in [0.1, 0.15) is 10.6 Å². The van der Waals surface area contributed by atoms with E-state index in [1.807, 2.05) is 39.0 Å². The van der Waals surface area contributed by atoms with Crippen molar-refractivity contribution in [1.29, 1.82) is 0 Å². The summed E-state index contributed by atoms with van der Waals surface area (Å²) in [6.07, 6.45) is 0. The van der Waals surface area contributed by atoms with E-state index in [1.165, 1.54) is 11.3 Å². The van der Waals surface area contributed by atoms with Gasteiger partial charge in [-0.1, -0.05) is 41.1 Å². The van der Waals surface area contributed by atoms with Gasteiger partial charge in [-0.2, -0.15) is 0 Å². The van der Waals surface area contributed by atoms with Crippen molar-refractivity contribution in [2.75, 3.05) is 5.32 Å². The second-order valence-corrected chi connectivity index (χ2v) is 7.18. The maximum Gasteiger partial charge on any atom is 0.293 e. The molecule has 0 saturated heterocycles. The van der Waals surface area contributed by atoms with Crippen LogP contribution in [0.4, 0.5) is 5.13 Å². The van der Waals surface area contributed by atoms with Crippen molar-refractivity contribution in [3.8, 4) is 0 Å². The van der Waals surface area contributed by atoms with E-state index in [9.17, 15) is 4.79 Å². The molecule has 1 N–H and O–H groups in total. The van der Waals surface area contributed by atoms with Gasteiger partial charge in [0.2, 0.25) is 5.13 Å². The third-order valence-corrected chi connectivity index (χ3v) is 4.89. The lowest BCUT2D eigenvalue weighted by Crippen LogP contribution is -2.11. The normalized spacial score (nSPS) is 11.3. The van der Waals surface area contributed by atoms with Gasteiger partial charge in [-0.05, 0) is 25.1 Å². The van der Waals surface area contributed by atoms with Crippen LogP contribution in [-0.4, -0.2) is 16.1 Å². The minimum absolute atomic E-state index is 0.286. The molecule has 0 radical (unpaired) electrons. The van der Waals surface area contributed by atoms with Gasteiger partial charge < -0.3 is 4.42 Å². The Morgan fingerprint density at radius 3 is 2.82 bits per heavy atom. The first-order valence-corrected chi connectivity index (χ1v) is 8.40. The minimum Gasteiger partial charge on any atom is -0.451 e. The Bertz CT molecular complexity index is 854. The summed E-state index contributed by atoms with van der Waals surface area (Å²) in [6.45, 7) is 5.94. The highest BCUT2D eigenvalue weighted by molar-refractivity contribution is 9.10. The molecule has 2 heterocycles. The largest absolute Gasteiger partial charge is 0.451 e. The van der Waals surface area contributed by atoms with Crippen LogP contribution in [0.2, 0.25) is 0 Å². The molecule has 0 atom stereocenters. The summed E-state index contributed by atoms with van der Waals surface area (Å²) < 4.78 is 6.61. The number of amides is 1. The smallest absolute Gasteiger partial charge is 0.293 e. The maximum absolute atomic E-state index is 12.4. The van der Waals surface area contributed by atoms with Gasteiger partial charge in [0, 0.05) is 21.3 Å². The van der Waals surface area contributed by atoms with Crippen molar-refractivity contribution >= 4 is 49.3 Å². The number of rotatable bonds is 3. The number of halogens is 1. The van der Waals surface area contributed by atoms with Crippen LogP contribution in [0.5, 0.6) is 0 Å². The predicted molar refractivity (Wildman–Crippen MR) is 90.6 cm³/mol. The highest BCUT2D eigenvalue weighted by atomic mass is 79.9. The molecular weight excluding hydrogens is 366 g/mol. The molecule has 0 aliphatic rings. The Kier molecular flexibility index (Phi) is 4.01. The first-order valence-electron chi connectivity index (χ1n) is 6.79. The standard InChI is InChI=1S/C15H14BrN3O2S/c1-7(2)14-18-19-15(22-14)17-13(20)12-8(3)10-6-9(16)4-5-11(10)21-12/h4-7H,1-3H3,(H,17,19,20). The number of fused-ring (bicyclic) bond motifs is 1. The Morgan fingerprint density at radius 2 is 2.14 bits per heavy atom. The molecule has 5 nitrogen and oxygen atoms in total. The monoisotopic (exact) mass is 379 g/mol. The molecule has 22 heavy (non-hydrogen) atoms. The Morgan fingerprint density at radius 1 is 1.36 bits per heavy atom. The molecule has 1 amide bonds. The zero-order valence-corrected chi connectivity index (χ0v) is 14.7. The van der Waals surface area contributed by atoms with Crippen LogP contribution in [0.3, 0.4) is 0 Å². The second kappa shape index (κ2) is 5.81. The molecule has 0 saturated carbocycles. The van der Waals surface area contributed by atoms with Crippen LogP contribution in [0, 0.1) is 6.92 Å². The molecule has 114 valence electrons. The van der Waals surface area contributed by atoms with Gasteiger partial charge in [0.05, 0.1) is 0 Å². The van der Waals surface area contributed by atoms with Gasteiger partial charge in [-0.15, -0.1) is 10.2 Å². The number of furan rings is 1. The third-order valence-electron chi connectivity index (χ3n) is 3.26. The number of hydrogen-bond donors (Lipinski definition) is 1. The van der Waals surface area contributed by atoms with E-state index in [2.05, 4.69) is 31.4 Å². The van der Waals surface area contributed by atoms with Crippen molar-refractivity contribution in [2.24, 2.45) is 0 Å². The van der Waals surface area contributed by atoms with Crippen molar-refractivity contribution < 1.29 is 9.21 Å². The highest BCUT2D eigenvalue weighted by Crippen LogP contribution is 2.29. The molecule has 0 aliphatic heterocycles. The zero-order valence-electron chi connectivity index (χ0n) is 12.3.